The van der Waals surface area contributed by atoms with Gasteiger partial charge in [-0.25, -0.2) is 9.59 Å². The second kappa shape index (κ2) is 9.87. The van der Waals surface area contributed by atoms with Gasteiger partial charge in [0.2, 0.25) is 0 Å². The lowest BCUT2D eigenvalue weighted by Gasteiger charge is -2.31. The van der Waals surface area contributed by atoms with Gasteiger partial charge >= 0.3 is 11.9 Å². The predicted molar refractivity (Wildman–Crippen MR) is 124 cm³/mol. The summed E-state index contributed by atoms with van der Waals surface area (Å²) in [6, 6.07) is 14.4. The number of anilines is 2. The number of benzene rings is 2. The van der Waals surface area contributed by atoms with Crippen molar-refractivity contribution in [2.75, 3.05) is 37.8 Å². The van der Waals surface area contributed by atoms with Crippen molar-refractivity contribution in [1.29, 1.82) is 0 Å². The molecule has 0 spiro atoms. The van der Waals surface area contributed by atoms with Gasteiger partial charge in [-0.3, -0.25) is 4.79 Å². The van der Waals surface area contributed by atoms with E-state index in [0.717, 1.165) is 5.56 Å². The molecule has 0 aromatic heterocycles. The molecule has 0 radical (unpaired) electrons. The molecule has 8 heteroatoms. The van der Waals surface area contributed by atoms with Crippen LogP contribution in [0, 0.1) is 0 Å². The van der Waals surface area contributed by atoms with Crippen LogP contribution in [0.25, 0.3) is 0 Å². The minimum Gasteiger partial charge on any atom is -0.466 e. The molecular formula is C25H28N2O6. The zero-order valence-corrected chi connectivity index (χ0v) is 19.4. The Balaban J connectivity index is 1.87. The van der Waals surface area contributed by atoms with E-state index in [1.165, 1.54) is 19.1 Å². The summed E-state index contributed by atoms with van der Waals surface area (Å²) < 4.78 is 15.2. The molecule has 2 aromatic carbocycles. The molecule has 1 amide bonds. The number of ether oxygens (including phenoxy) is 3. The molecule has 1 aliphatic heterocycles. The monoisotopic (exact) mass is 452 g/mol. The number of esters is 2. The number of carbonyl (C=O) groups is 3. The molecule has 8 nitrogen and oxygen atoms in total. The molecule has 3 rings (SSSR count). The molecule has 0 saturated heterocycles. The number of rotatable bonds is 5. The van der Waals surface area contributed by atoms with Crippen LogP contribution < -0.4 is 10.2 Å². The van der Waals surface area contributed by atoms with Crippen molar-refractivity contribution in [2.45, 2.75) is 26.2 Å². The van der Waals surface area contributed by atoms with Crippen molar-refractivity contribution >= 4 is 29.2 Å². The Morgan fingerprint density at radius 2 is 1.64 bits per heavy atom. The average Bonchev–Trinajstić information content (AvgIpc) is 2.82. The molecule has 0 unspecified atom stereocenters. The molecule has 0 fully saturated rings. The highest BCUT2D eigenvalue weighted by molar-refractivity contribution is 6.05. The van der Waals surface area contributed by atoms with E-state index in [0.29, 0.717) is 16.9 Å². The highest BCUT2D eigenvalue weighted by Gasteiger charge is 2.32. The number of nitrogens with zero attached hydrogens (tertiary/aromatic N) is 1. The van der Waals surface area contributed by atoms with Crippen molar-refractivity contribution in [3.05, 3.63) is 70.9 Å². The fraction of sp³-hybridized carbons (Fsp3) is 0.320. The summed E-state index contributed by atoms with van der Waals surface area (Å²) in [5.74, 6) is -1.63. The van der Waals surface area contributed by atoms with E-state index in [2.05, 4.69) is 26.1 Å². The van der Waals surface area contributed by atoms with Crippen LogP contribution in [-0.2, 0) is 29.2 Å². The molecule has 1 N–H and O–H groups in total. The van der Waals surface area contributed by atoms with Crippen molar-refractivity contribution < 1.29 is 28.6 Å². The second-order valence-electron chi connectivity index (χ2n) is 8.55. The van der Waals surface area contributed by atoms with E-state index in [4.69, 9.17) is 14.2 Å². The Bertz CT molecular complexity index is 1080. The SMILES string of the molecule is COC(=O)C1=C(C(=O)OC)N(c2cccc(NC(=O)c3ccc(C(C)(C)C)cc3)c2)COC1. The van der Waals surface area contributed by atoms with Gasteiger partial charge in [-0.05, 0) is 41.3 Å². The van der Waals surface area contributed by atoms with E-state index in [9.17, 15) is 14.4 Å². The van der Waals surface area contributed by atoms with Crippen LogP contribution in [0.5, 0.6) is 0 Å². The van der Waals surface area contributed by atoms with Crippen LogP contribution in [0.4, 0.5) is 11.4 Å². The third-order valence-electron chi connectivity index (χ3n) is 5.26. The minimum atomic E-state index is -0.688. The molecule has 0 bridgehead atoms. The first kappa shape index (κ1) is 24.0. The smallest absolute Gasteiger partial charge is 0.355 e. The van der Waals surface area contributed by atoms with Crippen LogP contribution in [0.3, 0.4) is 0 Å². The lowest BCUT2D eigenvalue weighted by atomic mass is 9.87. The van der Waals surface area contributed by atoms with E-state index in [-0.39, 0.29) is 35.9 Å². The molecule has 0 saturated carbocycles. The minimum absolute atomic E-state index is 0.00618. The zero-order valence-electron chi connectivity index (χ0n) is 19.4. The lowest BCUT2D eigenvalue weighted by molar-refractivity contribution is -0.140. The van der Waals surface area contributed by atoms with Crippen LogP contribution in [0.2, 0.25) is 0 Å². The molecule has 33 heavy (non-hydrogen) atoms. The summed E-state index contributed by atoms with van der Waals surface area (Å²) in [7, 11) is 2.47. The standard InChI is InChI=1S/C25H28N2O6/c1-25(2,3)17-11-9-16(10-12-17)22(28)26-18-7-6-8-19(13-18)27-15-33-14-20(23(29)31-4)21(27)24(30)32-5/h6-13H,14-15H2,1-5H3,(H,26,28). The average molecular weight is 453 g/mol. The Morgan fingerprint density at radius 1 is 0.970 bits per heavy atom. The van der Waals surface area contributed by atoms with E-state index in [1.807, 2.05) is 12.1 Å². The number of hydrogen-bond acceptors (Lipinski definition) is 7. The second-order valence-corrected chi connectivity index (χ2v) is 8.55. The molecule has 2 aromatic rings. The summed E-state index contributed by atoms with van der Waals surface area (Å²) in [5, 5.41) is 2.87. The summed E-state index contributed by atoms with van der Waals surface area (Å²) in [6.45, 7) is 6.28. The Morgan fingerprint density at radius 3 is 2.24 bits per heavy atom. The van der Waals surface area contributed by atoms with Crippen LogP contribution >= 0.6 is 0 Å². The van der Waals surface area contributed by atoms with Crippen LogP contribution in [0.1, 0.15) is 36.7 Å². The van der Waals surface area contributed by atoms with Gasteiger partial charge < -0.3 is 24.4 Å². The topological polar surface area (TPSA) is 94.2 Å². The van der Waals surface area contributed by atoms with Gasteiger partial charge in [0.1, 0.15) is 12.4 Å². The Kier molecular flexibility index (Phi) is 7.18. The van der Waals surface area contributed by atoms with Crippen molar-refractivity contribution in [1.82, 2.24) is 0 Å². The number of hydrogen-bond donors (Lipinski definition) is 1. The van der Waals surface area contributed by atoms with Gasteiger partial charge in [0.05, 0.1) is 26.4 Å². The van der Waals surface area contributed by atoms with Gasteiger partial charge in [-0.1, -0.05) is 39.0 Å². The maximum atomic E-state index is 12.8. The Hall–Kier alpha value is -3.65. The van der Waals surface area contributed by atoms with Gasteiger partial charge in [0, 0.05) is 16.9 Å². The maximum Gasteiger partial charge on any atom is 0.355 e. The maximum absolute atomic E-state index is 12.8. The summed E-state index contributed by atoms with van der Waals surface area (Å²) in [4.78, 5) is 38.9. The van der Waals surface area contributed by atoms with Gasteiger partial charge in [-0.15, -0.1) is 0 Å². The van der Waals surface area contributed by atoms with Gasteiger partial charge in [0.25, 0.3) is 5.91 Å². The fourth-order valence-corrected chi connectivity index (χ4v) is 3.42. The first-order valence-corrected chi connectivity index (χ1v) is 10.4. The lowest BCUT2D eigenvalue weighted by Crippen LogP contribution is -2.38. The van der Waals surface area contributed by atoms with E-state index in [1.54, 1.807) is 36.4 Å². The molecule has 1 aliphatic rings. The van der Waals surface area contributed by atoms with E-state index < -0.39 is 11.9 Å². The van der Waals surface area contributed by atoms with Crippen molar-refractivity contribution in [3.63, 3.8) is 0 Å². The fourth-order valence-electron chi connectivity index (χ4n) is 3.42. The largest absolute Gasteiger partial charge is 0.466 e. The number of amides is 1. The predicted octanol–water partition coefficient (Wildman–Crippen LogP) is 3.63. The number of nitrogens with one attached hydrogen (secondary N) is 1. The summed E-state index contributed by atoms with van der Waals surface area (Å²) in [6.07, 6.45) is 0. The highest BCUT2D eigenvalue weighted by atomic mass is 16.5. The van der Waals surface area contributed by atoms with Crippen LogP contribution in [0.15, 0.2) is 59.8 Å². The zero-order chi connectivity index (χ0) is 24.2. The van der Waals surface area contributed by atoms with Crippen LogP contribution in [-0.4, -0.2) is 45.4 Å². The first-order valence-electron chi connectivity index (χ1n) is 10.4. The summed E-state index contributed by atoms with van der Waals surface area (Å²) in [5.41, 5.74) is 2.81. The van der Waals surface area contributed by atoms with Crippen molar-refractivity contribution in [3.8, 4) is 0 Å². The van der Waals surface area contributed by atoms with Gasteiger partial charge in [0.15, 0.2) is 0 Å². The molecule has 0 aliphatic carbocycles. The third kappa shape index (κ3) is 5.40. The quantitative estimate of drug-likeness (QED) is 0.693. The molecule has 174 valence electrons. The first-order chi connectivity index (χ1) is 15.7. The third-order valence-corrected chi connectivity index (χ3v) is 5.26. The van der Waals surface area contributed by atoms with Gasteiger partial charge in [-0.2, -0.15) is 0 Å². The molecule has 0 atom stereocenters. The van der Waals surface area contributed by atoms with Crippen molar-refractivity contribution in [2.24, 2.45) is 0 Å². The molecular weight excluding hydrogens is 424 g/mol. The highest BCUT2D eigenvalue weighted by Crippen LogP contribution is 2.29. The van der Waals surface area contributed by atoms with E-state index >= 15 is 0 Å². The number of methoxy groups -OCH3 is 2. The Labute approximate surface area is 193 Å². The number of carbonyl (C=O) groups excluding carboxylic acids is 3. The molecule has 1 heterocycles. The summed E-state index contributed by atoms with van der Waals surface area (Å²) >= 11 is 0. The normalized spacial score (nSPS) is 14.0.